The lowest BCUT2D eigenvalue weighted by atomic mass is 10.1. The van der Waals surface area contributed by atoms with Gasteiger partial charge < -0.3 is 10.6 Å². The molecule has 0 aliphatic rings. The first-order valence-corrected chi connectivity index (χ1v) is 7.49. The fourth-order valence-electron chi connectivity index (χ4n) is 1.54. The molecular formula is C12H18N2O3S. The Morgan fingerprint density at radius 3 is 2.50 bits per heavy atom. The number of benzene rings is 1. The van der Waals surface area contributed by atoms with E-state index in [1.54, 1.807) is 26.1 Å². The van der Waals surface area contributed by atoms with Gasteiger partial charge in [0, 0.05) is 24.9 Å². The predicted octanol–water partition coefficient (Wildman–Crippen LogP) is 0.348. The van der Waals surface area contributed by atoms with Gasteiger partial charge in [0.15, 0.2) is 9.84 Å². The highest BCUT2D eigenvalue weighted by Gasteiger charge is 2.14. The molecule has 1 rings (SSSR count). The summed E-state index contributed by atoms with van der Waals surface area (Å²) in [7, 11) is -1.52. The van der Waals surface area contributed by atoms with Gasteiger partial charge in [-0.3, -0.25) is 4.79 Å². The van der Waals surface area contributed by atoms with Crippen molar-refractivity contribution in [3.63, 3.8) is 0 Å². The van der Waals surface area contributed by atoms with Gasteiger partial charge in [-0.15, -0.1) is 0 Å². The van der Waals surface area contributed by atoms with E-state index in [1.807, 2.05) is 0 Å². The molecule has 0 aromatic heterocycles. The maximum atomic E-state index is 11.8. The average Bonchev–Trinajstić information content (AvgIpc) is 2.28. The molecule has 0 saturated carbocycles. The van der Waals surface area contributed by atoms with Crippen LogP contribution >= 0.6 is 0 Å². The molecule has 0 saturated heterocycles. The van der Waals surface area contributed by atoms with Gasteiger partial charge in [-0.2, -0.15) is 0 Å². The molecule has 0 bridgehead atoms. The van der Waals surface area contributed by atoms with E-state index in [1.165, 1.54) is 6.07 Å². The van der Waals surface area contributed by atoms with Crippen molar-refractivity contribution in [1.29, 1.82) is 0 Å². The third-order valence-corrected chi connectivity index (χ3v) is 3.75. The number of hydrogen-bond donors (Lipinski definition) is 2. The molecule has 1 aromatic carbocycles. The molecule has 0 fully saturated rings. The summed E-state index contributed by atoms with van der Waals surface area (Å²) in [5, 5.41) is 5.61. The molecule has 0 spiro atoms. The third-order valence-electron chi connectivity index (χ3n) is 2.51. The zero-order chi connectivity index (χ0) is 13.8. The van der Waals surface area contributed by atoms with Crippen LogP contribution in [0.1, 0.15) is 15.9 Å². The lowest BCUT2D eigenvalue weighted by molar-refractivity contribution is 0.0954. The monoisotopic (exact) mass is 270 g/mol. The van der Waals surface area contributed by atoms with E-state index in [-0.39, 0.29) is 10.8 Å². The second-order valence-corrected chi connectivity index (χ2v) is 6.10. The van der Waals surface area contributed by atoms with Crippen molar-refractivity contribution in [1.82, 2.24) is 10.6 Å². The molecule has 0 aliphatic heterocycles. The van der Waals surface area contributed by atoms with Crippen LogP contribution in [0, 0.1) is 6.92 Å². The topological polar surface area (TPSA) is 75.3 Å². The second kappa shape index (κ2) is 5.97. The van der Waals surface area contributed by atoms with Crippen LogP contribution in [0.2, 0.25) is 0 Å². The van der Waals surface area contributed by atoms with Crippen LogP contribution in [0.15, 0.2) is 23.1 Å². The smallest absolute Gasteiger partial charge is 0.251 e. The number of rotatable bonds is 5. The molecular weight excluding hydrogens is 252 g/mol. The standard InChI is InChI=1S/C12H18N2O3S/c1-9-4-5-10(8-11(9)18(3,16)17)12(15)14-7-6-13-2/h4-5,8,13H,6-7H2,1-3H3,(H,14,15). The lowest BCUT2D eigenvalue weighted by Gasteiger charge is -2.08. The minimum absolute atomic E-state index is 0.198. The molecule has 0 aliphatic carbocycles. The maximum Gasteiger partial charge on any atom is 0.251 e. The first-order valence-electron chi connectivity index (χ1n) is 5.59. The molecule has 0 radical (unpaired) electrons. The van der Waals surface area contributed by atoms with Gasteiger partial charge in [0.2, 0.25) is 0 Å². The van der Waals surface area contributed by atoms with Crippen molar-refractivity contribution in [3.8, 4) is 0 Å². The van der Waals surface area contributed by atoms with E-state index in [0.717, 1.165) is 6.26 Å². The van der Waals surface area contributed by atoms with Crippen molar-refractivity contribution in [2.45, 2.75) is 11.8 Å². The van der Waals surface area contributed by atoms with Gasteiger partial charge in [0.1, 0.15) is 0 Å². The Labute approximate surface area is 108 Å². The Balaban J connectivity index is 2.95. The molecule has 0 heterocycles. The summed E-state index contributed by atoms with van der Waals surface area (Å²) in [4.78, 5) is 12.0. The summed E-state index contributed by atoms with van der Waals surface area (Å²) in [5.41, 5.74) is 1.00. The number of amides is 1. The van der Waals surface area contributed by atoms with Gasteiger partial charge in [0.25, 0.3) is 5.91 Å². The number of carbonyl (C=O) groups excluding carboxylic acids is 1. The normalized spacial score (nSPS) is 11.3. The first kappa shape index (κ1) is 14.7. The fourth-order valence-corrected chi connectivity index (χ4v) is 2.54. The van der Waals surface area contributed by atoms with Gasteiger partial charge in [-0.25, -0.2) is 8.42 Å². The van der Waals surface area contributed by atoms with Crippen LogP contribution in [-0.2, 0) is 9.84 Å². The highest BCUT2D eigenvalue weighted by Crippen LogP contribution is 2.16. The van der Waals surface area contributed by atoms with Crippen molar-refractivity contribution < 1.29 is 13.2 Å². The number of hydrogen-bond acceptors (Lipinski definition) is 4. The lowest BCUT2D eigenvalue weighted by Crippen LogP contribution is -2.30. The summed E-state index contributed by atoms with van der Waals surface area (Å²) in [5.74, 6) is -0.268. The average molecular weight is 270 g/mol. The SMILES string of the molecule is CNCCNC(=O)c1ccc(C)c(S(C)(=O)=O)c1. The summed E-state index contributed by atoms with van der Waals surface area (Å²) in [6.45, 7) is 2.87. The van der Waals surface area contributed by atoms with Gasteiger partial charge in [-0.05, 0) is 31.7 Å². The molecule has 0 atom stereocenters. The number of aryl methyl sites for hydroxylation is 1. The Morgan fingerprint density at radius 1 is 1.28 bits per heavy atom. The Morgan fingerprint density at radius 2 is 1.94 bits per heavy atom. The second-order valence-electron chi connectivity index (χ2n) is 4.11. The van der Waals surface area contributed by atoms with E-state index in [2.05, 4.69) is 10.6 Å². The molecule has 2 N–H and O–H groups in total. The van der Waals surface area contributed by atoms with Crippen molar-refractivity contribution >= 4 is 15.7 Å². The van der Waals surface area contributed by atoms with Crippen LogP contribution < -0.4 is 10.6 Å². The van der Waals surface area contributed by atoms with E-state index < -0.39 is 9.84 Å². The zero-order valence-electron chi connectivity index (χ0n) is 10.8. The predicted molar refractivity (Wildman–Crippen MR) is 70.5 cm³/mol. The number of nitrogens with one attached hydrogen (secondary N) is 2. The Kier molecular flexibility index (Phi) is 4.86. The number of carbonyl (C=O) groups is 1. The van der Waals surface area contributed by atoms with Crippen LogP contribution in [0.3, 0.4) is 0 Å². The number of sulfone groups is 1. The van der Waals surface area contributed by atoms with Gasteiger partial charge >= 0.3 is 0 Å². The third kappa shape index (κ3) is 3.82. The minimum atomic E-state index is -3.31. The summed E-state index contributed by atoms with van der Waals surface area (Å²) in [6, 6.07) is 4.68. The van der Waals surface area contributed by atoms with E-state index in [4.69, 9.17) is 0 Å². The summed E-state index contributed by atoms with van der Waals surface area (Å²) >= 11 is 0. The molecule has 18 heavy (non-hydrogen) atoms. The molecule has 6 heteroatoms. The quantitative estimate of drug-likeness (QED) is 0.757. The van der Waals surface area contributed by atoms with Crippen LogP contribution in [-0.4, -0.2) is 40.7 Å². The highest BCUT2D eigenvalue weighted by atomic mass is 32.2. The zero-order valence-corrected chi connectivity index (χ0v) is 11.6. The molecule has 1 aromatic rings. The maximum absolute atomic E-state index is 11.8. The highest BCUT2D eigenvalue weighted by molar-refractivity contribution is 7.90. The number of likely N-dealkylation sites (N-methyl/N-ethyl adjacent to an activating group) is 1. The van der Waals surface area contributed by atoms with Crippen molar-refractivity contribution in [2.24, 2.45) is 0 Å². The Hall–Kier alpha value is -1.40. The molecule has 0 unspecified atom stereocenters. The van der Waals surface area contributed by atoms with E-state index in [0.29, 0.717) is 24.2 Å². The Bertz CT molecular complexity index is 538. The summed E-state index contributed by atoms with van der Waals surface area (Å²) in [6.07, 6.45) is 1.14. The van der Waals surface area contributed by atoms with Crippen LogP contribution in [0.4, 0.5) is 0 Å². The van der Waals surface area contributed by atoms with Gasteiger partial charge in [0.05, 0.1) is 4.90 Å². The largest absolute Gasteiger partial charge is 0.351 e. The van der Waals surface area contributed by atoms with Crippen molar-refractivity contribution in [3.05, 3.63) is 29.3 Å². The first-order chi connectivity index (χ1) is 8.36. The van der Waals surface area contributed by atoms with E-state index >= 15 is 0 Å². The fraction of sp³-hybridized carbons (Fsp3) is 0.417. The molecule has 1 amide bonds. The molecule has 100 valence electrons. The van der Waals surface area contributed by atoms with E-state index in [9.17, 15) is 13.2 Å². The molecule has 5 nitrogen and oxygen atoms in total. The summed E-state index contributed by atoms with van der Waals surface area (Å²) < 4.78 is 23.1. The van der Waals surface area contributed by atoms with Crippen LogP contribution in [0.5, 0.6) is 0 Å². The minimum Gasteiger partial charge on any atom is -0.351 e. The van der Waals surface area contributed by atoms with Gasteiger partial charge in [-0.1, -0.05) is 6.07 Å². The van der Waals surface area contributed by atoms with Crippen molar-refractivity contribution in [2.75, 3.05) is 26.4 Å². The van der Waals surface area contributed by atoms with Crippen LogP contribution in [0.25, 0.3) is 0 Å².